The Bertz CT molecular complexity index is 547. The summed E-state index contributed by atoms with van der Waals surface area (Å²) in [6, 6.07) is 10.9. The van der Waals surface area contributed by atoms with Crippen molar-refractivity contribution in [2.75, 3.05) is 44.2 Å². The van der Waals surface area contributed by atoms with Crippen LogP contribution in [0.15, 0.2) is 35.2 Å². The number of fused-ring (bicyclic) bond motifs is 1. The van der Waals surface area contributed by atoms with Crippen molar-refractivity contribution in [1.82, 2.24) is 0 Å². The number of anilines is 2. The summed E-state index contributed by atoms with van der Waals surface area (Å²) in [6.45, 7) is 0. The van der Waals surface area contributed by atoms with E-state index in [0.717, 1.165) is 0 Å². The van der Waals surface area contributed by atoms with E-state index in [1.807, 2.05) is 0 Å². The molecule has 0 amide bonds. The molecule has 0 aliphatic rings. The molecule has 0 atom stereocenters. The Labute approximate surface area is 114 Å². The second-order valence-corrected chi connectivity index (χ2v) is 5.62. The molecule has 0 aromatic heterocycles. The fraction of sp³-hybridized carbons (Fsp3) is 0.333. The van der Waals surface area contributed by atoms with Crippen LogP contribution in [0.5, 0.6) is 0 Å². The Hall–Kier alpha value is -1.35. The Balaban J connectivity index is 2.87. The standard InChI is InChI=1S/C15H20N2S/c1-16(2)12-8-6-7-11-14(18-5)10-9-13(15(11)12)17(3)4/h6-10H,1-5H3. The number of thioether (sulfide) groups is 1. The summed E-state index contributed by atoms with van der Waals surface area (Å²) in [4.78, 5) is 5.69. The molecule has 2 aromatic carbocycles. The van der Waals surface area contributed by atoms with E-state index < -0.39 is 0 Å². The van der Waals surface area contributed by atoms with Crippen molar-refractivity contribution in [1.29, 1.82) is 0 Å². The molecule has 0 saturated heterocycles. The first-order valence-corrected chi connectivity index (χ1v) is 7.23. The third-order valence-electron chi connectivity index (χ3n) is 3.14. The van der Waals surface area contributed by atoms with Crippen LogP contribution in [0.25, 0.3) is 10.8 Å². The predicted molar refractivity (Wildman–Crippen MR) is 84.4 cm³/mol. The van der Waals surface area contributed by atoms with Gasteiger partial charge in [-0.2, -0.15) is 0 Å². The lowest BCUT2D eigenvalue weighted by molar-refractivity contribution is 1.12. The predicted octanol–water partition coefficient (Wildman–Crippen LogP) is 3.69. The van der Waals surface area contributed by atoms with Gasteiger partial charge in [0.05, 0.1) is 0 Å². The number of nitrogens with zero attached hydrogens (tertiary/aromatic N) is 2. The molecule has 3 heteroatoms. The molecule has 0 bridgehead atoms. The first-order valence-electron chi connectivity index (χ1n) is 6.00. The van der Waals surface area contributed by atoms with Gasteiger partial charge in [-0.3, -0.25) is 0 Å². The molecule has 2 aromatic rings. The Morgan fingerprint density at radius 1 is 0.833 bits per heavy atom. The quantitative estimate of drug-likeness (QED) is 0.777. The third-order valence-corrected chi connectivity index (χ3v) is 3.94. The normalized spacial score (nSPS) is 10.7. The molecule has 0 N–H and O–H groups in total. The zero-order valence-electron chi connectivity index (χ0n) is 11.7. The van der Waals surface area contributed by atoms with E-state index in [1.165, 1.54) is 27.0 Å². The molecule has 18 heavy (non-hydrogen) atoms. The summed E-state index contributed by atoms with van der Waals surface area (Å²) < 4.78 is 0. The molecule has 0 aliphatic heterocycles. The van der Waals surface area contributed by atoms with Gasteiger partial charge in [-0.25, -0.2) is 0 Å². The fourth-order valence-corrected chi connectivity index (χ4v) is 2.86. The zero-order valence-corrected chi connectivity index (χ0v) is 12.5. The van der Waals surface area contributed by atoms with E-state index >= 15 is 0 Å². The van der Waals surface area contributed by atoms with Crippen molar-refractivity contribution in [3.8, 4) is 0 Å². The molecule has 0 aliphatic carbocycles. The molecular formula is C15H20N2S. The SMILES string of the molecule is CSc1ccc(N(C)C)c2c(N(C)C)cccc12. The molecule has 0 unspecified atom stereocenters. The van der Waals surface area contributed by atoms with Gasteiger partial charge in [0, 0.05) is 49.8 Å². The zero-order chi connectivity index (χ0) is 13.3. The monoisotopic (exact) mass is 260 g/mol. The second kappa shape index (κ2) is 5.11. The largest absolute Gasteiger partial charge is 0.377 e. The average Bonchev–Trinajstić information content (AvgIpc) is 2.36. The minimum Gasteiger partial charge on any atom is -0.377 e. The molecular weight excluding hydrogens is 240 g/mol. The maximum atomic E-state index is 2.21. The third kappa shape index (κ3) is 2.15. The molecule has 2 nitrogen and oxygen atoms in total. The van der Waals surface area contributed by atoms with E-state index in [9.17, 15) is 0 Å². The summed E-state index contributed by atoms with van der Waals surface area (Å²) in [5, 5.41) is 2.67. The van der Waals surface area contributed by atoms with Crippen LogP contribution >= 0.6 is 11.8 Å². The molecule has 2 rings (SSSR count). The van der Waals surface area contributed by atoms with E-state index in [-0.39, 0.29) is 0 Å². The van der Waals surface area contributed by atoms with Crippen molar-refractivity contribution >= 4 is 33.9 Å². The van der Waals surface area contributed by atoms with Crippen LogP contribution in [0.3, 0.4) is 0 Å². The minimum absolute atomic E-state index is 1.27. The highest BCUT2D eigenvalue weighted by Crippen LogP contribution is 2.38. The van der Waals surface area contributed by atoms with Crippen LogP contribution in [-0.2, 0) is 0 Å². The van der Waals surface area contributed by atoms with E-state index in [4.69, 9.17) is 0 Å². The van der Waals surface area contributed by atoms with Crippen LogP contribution in [-0.4, -0.2) is 34.4 Å². The van der Waals surface area contributed by atoms with E-state index in [0.29, 0.717) is 0 Å². The van der Waals surface area contributed by atoms with Gasteiger partial charge >= 0.3 is 0 Å². The molecule has 96 valence electrons. The van der Waals surface area contributed by atoms with Gasteiger partial charge in [-0.15, -0.1) is 11.8 Å². The summed E-state index contributed by atoms with van der Waals surface area (Å²) in [7, 11) is 8.39. The van der Waals surface area contributed by atoms with Crippen molar-refractivity contribution in [3.05, 3.63) is 30.3 Å². The number of hydrogen-bond donors (Lipinski definition) is 0. The van der Waals surface area contributed by atoms with Crippen molar-refractivity contribution in [2.24, 2.45) is 0 Å². The van der Waals surface area contributed by atoms with Gasteiger partial charge in [-0.1, -0.05) is 12.1 Å². The summed E-state index contributed by atoms with van der Waals surface area (Å²) in [6.07, 6.45) is 2.13. The summed E-state index contributed by atoms with van der Waals surface area (Å²) in [5.74, 6) is 0. The van der Waals surface area contributed by atoms with Crippen LogP contribution in [0.1, 0.15) is 0 Å². The lowest BCUT2D eigenvalue weighted by atomic mass is 10.1. The molecule has 0 fully saturated rings. The molecule has 0 saturated carbocycles. The first-order chi connectivity index (χ1) is 8.56. The second-order valence-electron chi connectivity index (χ2n) is 4.78. The number of rotatable bonds is 3. The van der Waals surface area contributed by atoms with Crippen molar-refractivity contribution in [2.45, 2.75) is 4.90 Å². The maximum Gasteiger partial charge on any atom is 0.0462 e. The lowest BCUT2D eigenvalue weighted by Crippen LogP contribution is -2.13. The summed E-state index contributed by atoms with van der Waals surface area (Å²) in [5.41, 5.74) is 2.54. The Kier molecular flexibility index (Phi) is 3.71. The highest BCUT2D eigenvalue weighted by molar-refractivity contribution is 7.98. The number of benzene rings is 2. The van der Waals surface area contributed by atoms with Crippen LogP contribution in [0.4, 0.5) is 11.4 Å². The average molecular weight is 260 g/mol. The van der Waals surface area contributed by atoms with Crippen molar-refractivity contribution in [3.63, 3.8) is 0 Å². The van der Waals surface area contributed by atoms with E-state index in [2.05, 4.69) is 74.6 Å². The van der Waals surface area contributed by atoms with Gasteiger partial charge in [-0.05, 0) is 29.8 Å². The van der Waals surface area contributed by atoms with Crippen molar-refractivity contribution < 1.29 is 0 Å². The van der Waals surface area contributed by atoms with Crippen LogP contribution in [0.2, 0.25) is 0 Å². The van der Waals surface area contributed by atoms with Crippen LogP contribution < -0.4 is 9.80 Å². The van der Waals surface area contributed by atoms with Gasteiger partial charge in [0.1, 0.15) is 0 Å². The number of hydrogen-bond acceptors (Lipinski definition) is 3. The smallest absolute Gasteiger partial charge is 0.0462 e. The van der Waals surface area contributed by atoms with Gasteiger partial charge < -0.3 is 9.80 Å². The first kappa shape index (κ1) is 13.1. The lowest BCUT2D eigenvalue weighted by Gasteiger charge is -2.22. The maximum absolute atomic E-state index is 2.21. The minimum atomic E-state index is 1.27. The van der Waals surface area contributed by atoms with Gasteiger partial charge in [0.25, 0.3) is 0 Å². The fourth-order valence-electron chi connectivity index (χ4n) is 2.27. The molecule has 0 spiro atoms. The van der Waals surface area contributed by atoms with Gasteiger partial charge in [0.2, 0.25) is 0 Å². The Morgan fingerprint density at radius 3 is 2.00 bits per heavy atom. The molecule has 0 radical (unpaired) electrons. The summed E-state index contributed by atoms with van der Waals surface area (Å²) >= 11 is 1.80. The highest BCUT2D eigenvalue weighted by atomic mass is 32.2. The van der Waals surface area contributed by atoms with Gasteiger partial charge in [0.15, 0.2) is 0 Å². The highest BCUT2D eigenvalue weighted by Gasteiger charge is 2.12. The van der Waals surface area contributed by atoms with E-state index in [1.54, 1.807) is 11.8 Å². The topological polar surface area (TPSA) is 6.48 Å². The molecule has 0 heterocycles. The Morgan fingerprint density at radius 2 is 1.44 bits per heavy atom. The van der Waals surface area contributed by atoms with Crippen LogP contribution in [0, 0.1) is 0 Å².